The summed E-state index contributed by atoms with van der Waals surface area (Å²) in [6.07, 6.45) is 1.22. The number of halogens is 1. The second kappa shape index (κ2) is 8.71. The first kappa shape index (κ1) is 20.7. The van der Waals surface area contributed by atoms with Crippen LogP contribution in [0.2, 0.25) is 5.02 Å². The van der Waals surface area contributed by atoms with E-state index in [2.05, 4.69) is 22.8 Å². The molecule has 0 aromatic heterocycles. The normalized spacial score (nSPS) is 19.9. The van der Waals surface area contributed by atoms with Crippen molar-refractivity contribution >= 4 is 28.8 Å². The van der Waals surface area contributed by atoms with Gasteiger partial charge in [-0.15, -0.1) is 0 Å². The lowest BCUT2D eigenvalue weighted by atomic mass is 9.78. The van der Waals surface area contributed by atoms with Crippen molar-refractivity contribution in [2.24, 2.45) is 0 Å². The maximum Gasteiger partial charge on any atom is 0.163 e. The highest BCUT2D eigenvalue weighted by Crippen LogP contribution is 2.45. The highest BCUT2D eigenvalue weighted by atomic mass is 35.5. The molecule has 32 heavy (non-hydrogen) atoms. The third kappa shape index (κ3) is 3.87. The average Bonchev–Trinajstić information content (AvgIpc) is 2.97. The van der Waals surface area contributed by atoms with Gasteiger partial charge in [-0.1, -0.05) is 54.1 Å². The number of rotatable bonds is 4. The van der Waals surface area contributed by atoms with Crippen LogP contribution in [0.3, 0.4) is 0 Å². The molecule has 0 amide bonds. The van der Waals surface area contributed by atoms with Crippen molar-refractivity contribution in [1.82, 2.24) is 0 Å². The number of para-hydroxylation sites is 2. The molecule has 0 spiro atoms. The van der Waals surface area contributed by atoms with E-state index in [-0.39, 0.29) is 17.7 Å². The Morgan fingerprint density at radius 3 is 2.41 bits per heavy atom. The molecule has 1 aliphatic carbocycles. The van der Waals surface area contributed by atoms with Gasteiger partial charge in [0.2, 0.25) is 0 Å². The van der Waals surface area contributed by atoms with E-state index in [4.69, 9.17) is 16.3 Å². The minimum atomic E-state index is -0.302. The van der Waals surface area contributed by atoms with Crippen LogP contribution in [0, 0.1) is 0 Å². The van der Waals surface area contributed by atoms with Crippen molar-refractivity contribution in [3.05, 3.63) is 100 Å². The van der Waals surface area contributed by atoms with Gasteiger partial charge in [0, 0.05) is 22.7 Å². The Labute approximate surface area is 193 Å². The van der Waals surface area contributed by atoms with Crippen LogP contribution in [-0.2, 0) is 4.79 Å². The summed E-state index contributed by atoms with van der Waals surface area (Å²) in [5.41, 5.74) is 5.72. The maximum atomic E-state index is 13.6. The van der Waals surface area contributed by atoms with Crippen LogP contribution in [0.1, 0.15) is 42.9 Å². The number of carbonyl (C=O) groups excluding carboxylic acids is 1. The molecule has 162 valence electrons. The molecule has 5 rings (SSSR count). The second-order valence-electron chi connectivity index (χ2n) is 8.19. The number of hydrogen-bond acceptors (Lipinski definition) is 4. The molecule has 0 bridgehead atoms. The fourth-order valence-electron chi connectivity index (χ4n) is 4.67. The number of benzene rings is 3. The quantitative estimate of drug-likeness (QED) is 0.469. The van der Waals surface area contributed by atoms with Gasteiger partial charge in [0.1, 0.15) is 5.75 Å². The van der Waals surface area contributed by atoms with Gasteiger partial charge >= 0.3 is 0 Å². The average molecular weight is 445 g/mol. The van der Waals surface area contributed by atoms with Crippen LogP contribution in [0.15, 0.2) is 84.1 Å². The van der Waals surface area contributed by atoms with E-state index in [0.29, 0.717) is 18.1 Å². The Hall–Kier alpha value is -3.24. The number of fused-ring (bicyclic) bond motifs is 1. The van der Waals surface area contributed by atoms with Gasteiger partial charge in [-0.25, -0.2) is 0 Å². The van der Waals surface area contributed by atoms with Crippen molar-refractivity contribution in [3.63, 3.8) is 0 Å². The molecule has 2 aliphatic rings. The lowest BCUT2D eigenvalue weighted by molar-refractivity contribution is -0.116. The Morgan fingerprint density at radius 1 is 0.938 bits per heavy atom. The van der Waals surface area contributed by atoms with Gasteiger partial charge in [-0.3, -0.25) is 4.79 Å². The van der Waals surface area contributed by atoms with Gasteiger partial charge in [-0.2, -0.15) is 0 Å². The summed E-state index contributed by atoms with van der Waals surface area (Å²) in [5.74, 6) is 1.10. The standard InChI is InChI=1S/C27H25ClN2O2/c1-2-32-19-13-11-17(12-14-19)18-15-24-26(25(31)16-18)27(20-7-3-4-8-21(20)28)30-23-10-6-5-9-22(23)29-24/h3-14,18,27,29-30H,2,15-16H2,1H3. The van der Waals surface area contributed by atoms with Crippen molar-refractivity contribution in [3.8, 4) is 5.75 Å². The summed E-state index contributed by atoms with van der Waals surface area (Å²) in [6, 6.07) is 23.6. The van der Waals surface area contributed by atoms with Crippen molar-refractivity contribution < 1.29 is 9.53 Å². The zero-order chi connectivity index (χ0) is 22.1. The van der Waals surface area contributed by atoms with Crippen LogP contribution in [0.5, 0.6) is 5.75 Å². The fraction of sp³-hybridized carbons (Fsp3) is 0.222. The zero-order valence-corrected chi connectivity index (χ0v) is 18.7. The van der Waals surface area contributed by atoms with Gasteiger partial charge in [0.15, 0.2) is 5.78 Å². The minimum absolute atomic E-state index is 0.113. The number of hydrogen-bond donors (Lipinski definition) is 2. The Balaban J connectivity index is 1.56. The lowest BCUT2D eigenvalue weighted by Crippen LogP contribution is -2.27. The van der Waals surface area contributed by atoms with Crippen LogP contribution in [-0.4, -0.2) is 12.4 Å². The van der Waals surface area contributed by atoms with Gasteiger partial charge in [-0.05, 0) is 60.7 Å². The molecule has 3 aromatic rings. The predicted molar refractivity (Wildman–Crippen MR) is 129 cm³/mol. The number of nitrogens with one attached hydrogen (secondary N) is 2. The topological polar surface area (TPSA) is 50.4 Å². The van der Waals surface area contributed by atoms with Crippen LogP contribution >= 0.6 is 11.6 Å². The number of ketones is 1. The minimum Gasteiger partial charge on any atom is -0.494 e. The van der Waals surface area contributed by atoms with Crippen molar-refractivity contribution in [2.45, 2.75) is 31.7 Å². The third-order valence-corrected chi connectivity index (χ3v) is 6.53. The number of ether oxygens (including phenoxy) is 1. The van der Waals surface area contributed by atoms with E-state index < -0.39 is 0 Å². The highest BCUT2D eigenvalue weighted by Gasteiger charge is 2.36. The molecule has 1 aliphatic heterocycles. The zero-order valence-electron chi connectivity index (χ0n) is 17.9. The predicted octanol–water partition coefficient (Wildman–Crippen LogP) is 6.72. The molecular weight excluding hydrogens is 420 g/mol. The highest BCUT2D eigenvalue weighted by molar-refractivity contribution is 6.31. The van der Waals surface area contributed by atoms with Crippen LogP contribution in [0.4, 0.5) is 11.4 Å². The Kier molecular flexibility index (Phi) is 5.62. The Morgan fingerprint density at radius 2 is 1.66 bits per heavy atom. The van der Waals surface area contributed by atoms with E-state index in [1.165, 1.54) is 0 Å². The SMILES string of the molecule is CCOc1ccc(C2CC(=O)C3=C(C2)Nc2ccccc2NC3c2ccccc2Cl)cc1. The van der Waals surface area contributed by atoms with Gasteiger partial charge in [0.25, 0.3) is 0 Å². The first-order valence-electron chi connectivity index (χ1n) is 11.0. The molecule has 0 saturated carbocycles. The smallest absolute Gasteiger partial charge is 0.163 e. The van der Waals surface area contributed by atoms with E-state index >= 15 is 0 Å². The first-order valence-corrected chi connectivity index (χ1v) is 11.4. The molecule has 5 heteroatoms. The monoisotopic (exact) mass is 444 g/mol. The lowest BCUT2D eigenvalue weighted by Gasteiger charge is -2.30. The molecule has 0 fully saturated rings. The summed E-state index contributed by atoms with van der Waals surface area (Å²) in [7, 11) is 0. The summed E-state index contributed by atoms with van der Waals surface area (Å²) < 4.78 is 5.58. The van der Waals surface area contributed by atoms with Gasteiger partial charge in [0.05, 0.1) is 24.0 Å². The van der Waals surface area contributed by atoms with E-state index in [1.54, 1.807) is 0 Å². The number of Topliss-reactive ketones (excluding diaryl/α,β-unsaturated/α-hetero) is 1. The van der Waals surface area contributed by atoms with E-state index in [0.717, 1.165) is 45.9 Å². The van der Waals surface area contributed by atoms with Gasteiger partial charge < -0.3 is 15.4 Å². The molecule has 2 unspecified atom stereocenters. The Bertz CT molecular complexity index is 1190. The maximum absolute atomic E-state index is 13.6. The second-order valence-corrected chi connectivity index (χ2v) is 8.60. The molecule has 3 aromatic carbocycles. The summed E-state index contributed by atoms with van der Waals surface area (Å²) >= 11 is 6.58. The van der Waals surface area contributed by atoms with Crippen molar-refractivity contribution in [1.29, 1.82) is 0 Å². The summed E-state index contributed by atoms with van der Waals surface area (Å²) in [6.45, 7) is 2.61. The first-order chi connectivity index (χ1) is 15.6. The largest absolute Gasteiger partial charge is 0.494 e. The van der Waals surface area contributed by atoms with Crippen molar-refractivity contribution in [2.75, 3.05) is 17.2 Å². The van der Waals surface area contributed by atoms with E-state index in [9.17, 15) is 4.79 Å². The number of anilines is 2. The number of carbonyl (C=O) groups is 1. The summed E-state index contributed by atoms with van der Waals surface area (Å²) in [5, 5.41) is 7.80. The molecule has 1 heterocycles. The van der Waals surface area contributed by atoms with Crippen LogP contribution < -0.4 is 15.4 Å². The fourth-order valence-corrected chi connectivity index (χ4v) is 4.92. The van der Waals surface area contributed by atoms with E-state index in [1.807, 2.05) is 67.6 Å². The summed E-state index contributed by atoms with van der Waals surface area (Å²) in [4.78, 5) is 13.6. The molecule has 2 N–H and O–H groups in total. The van der Waals surface area contributed by atoms with Crippen LogP contribution in [0.25, 0.3) is 0 Å². The molecular formula is C27H25ClN2O2. The molecule has 4 nitrogen and oxygen atoms in total. The molecule has 0 radical (unpaired) electrons. The number of allylic oxidation sites excluding steroid dienone is 1. The molecule has 0 saturated heterocycles. The molecule has 2 atom stereocenters. The third-order valence-electron chi connectivity index (χ3n) is 6.19.